The Morgan fingerprint density at radius 1 is 1.42 bits per heavy atom. The van der Waals surface area contributed by atoms with Gasteiger partial charge in [0, 0.05) is 21.7 Å². The highest BCUT2D eigenvalue weighted by atomic mass is 32.1. The van der Waals surface area contributed by atoms with E-state index >= 15 is 0 Å². The van der Waals surface area contributed by atoms with Crippen molar-refractivity contribution < 1.29 is 0 Å². The third-order valence-electron chi connectivity index (χ3n) is 3.23. The predicted molar refractivity (Wildman–Crippen MR) is 77.9 cm³/mol. The van der Waals surface area contributed by atoms with Crippen molar-refractivity contribution in [1.82, 2.24) is 9.97 Å². The number of rotatable bonds is 5. The van der Waals surface area contributed by atoms with Gasteiger partial charge >= 0.3 is 0 Å². The molecule has 4 nitrogen and oxygen atoms in total. The number of nitrogens with one attached hydrogen (secondary N) is 2. The standard InChI is InChI=1S/C14H17N3OS/c1-2-10-5-6-11(19-10)8-15-12-7-13(18)17-14(16-12)9-3-4-9/h5-7,9H,2-4,8H2,1H3,(H2,15,16,17,18). The summed E-state index contributed by atoms with van der Waals surface area (Å²) in [5.41, 5.74) is -0.0696. The summed E-state index contributed by atoms with van der Waals surface area (Å²) in [6.07, 6.45) is 3.34. The molecule has 2 N–H and O–H groups in total. The minimum atomic E-state index is -0.0696. The Balaban J connectivity index is 1.70. The second-order valence-corrected chi connectivity index (χ2v) is 6.12. The molecule has 2 heterocycles. The van der Waals surface area contributed by atoms with Crippen molar-refractivity contribution in [3.05, 3.63) is 44.1 Å². The molecule has 1 saturated carbocycles. The summed E-state index contributed by atoms with van der Waals surface area (Å²) in [6.45, 7) is 2.88. The number of thiophene rings is 1. The molecule has 100 valence electrons. The lowest BCUT2D eigenvalue weighted by molar-refractivity contribution is 0.904. The third-order valence-corrected chi connectivity index (χ3v) is 4.46. The van der Waals surface area contributed by atoms with Gasteiger partial charge in [-0.1, -0.05) is 6.92 Å². The Kier molecular flexibility index (Phi) is 3.38. The van der Waals surface area contributed by atoms with Crippen molar-refractivity contribution >= 4 is 17.2 Å². The molecular weight excluding hydrogens is 258 g/mol. The third kappa shape index (κ3) is 3.04. The van der Waals surface area contributed by atoms with E-state index in [2.05, 4.69) is 34.3 Å². The molecule has 0 bridgehead atoms. The van der Waals surface area contributed by atoms with Gasteiger partial charge in [0.15, 0.2) is 0 Å². The van der Waals surface area contributed by atoms with Crippen LogP contribution >= 0.6 is 11.3 Å². The van der Waals surface area contributed by atoms with E-state index in [4.69, 9.17) is 0 Å². The molecule has 1 aliphatic carbocycles. The first-order valence-corrected chi connectivity index (χ1v) is 7.49. The second kappa shape index (κ2) is 5.17. The molecule has 0 amide bonds. The van der Waals surface area contributed by atoms with E-state index in [1.54, 1.807) is 11.3 Å². The zero-order valence-corrected chi connectivity index (χ0v) is 11.7. The van der Waals surface area contributed by atoms with Gasteiger partial charge in [-0.2, -0.15) is 0 Å². The van der Waals surface area contributed by atoms with E-state index in [9.17, 15) is 4.79 Å². The summed E-state index contributed by atoms with van der Waals surface area (Å²) in [7, 11) is 0. The Hall–Kier alpha value is -1.62. The van der Waals surface area contributed by atoms with Gasteiger partial charge in [0.25, 0.3) is 5.56 Å². The maximum Gasteiger partial charge on any atom is 0.252 e. The number of hydrogen-bond acceptors (Lipinski definition) is 4. The molecule has 0 radical (unpaired) electrons. The zero-order chi connectivity index (χ0) is 13.2. The van der Waals surface area contributed by atoms with E-state index in [0.29, 0.717) is 11.7 Å². The average molecular weight is 275 g/mol. The topological polar surface area (TPSA) is 57.8 Å². The fourth-order valence-electron chi connectivity index (χ4n) is 2.00. The summed E-state index contributed by atoms with van der Waals surface area (Å²) in [5, 5.41) is 3.24. The van der Waals surface area contributed by atoms with E-state index in [0.717, 1.165) is 31.6 Å². The summed E-state index contributed by atoms with van der Waals surface area (Å²) in [4.78, 5) is 21.5. The van der Waals surface area contributed by atoms with E-state index in [1.807, 2.05) is 0 Å². The van der Waals surface area contributed by atoms with Crippen molar-refractivity contribution in [3.8, 4) is 0 Å². The maximum absolute atomic E-state index is 11.6. The van der Waals surface area contributed by atoms with E-state index in [1.165, 1.54) is 15.8 Å². The van der Waals surface area contributed by atoms with Crippen LogP contribution in [0.15, 0.2) is 23.0 Å². The number of aromatic amines is 1. The molecule has 0 aromatic carbocycles. The SMILES string of the molecule is CCc1ccc(CNc2cc(=O)[nH]c(C3CC3)n2)s1. The van der Waals surface area contributed by atoms with Gasteiger partial charge in [0.05, 0.1) is 6.54 Å². The molecule has 0 atom stereocenters. The molecule has 2 aromatic rings. The number of anilines is 1. The summed E-state index contributed by atoms with van der Waals surface area (Å²) in [5.74, 6) is 1.97. The molecule has 0 spiro atoms. The highest BCUT2D eigenvalue weighted by molar-refractivity contribution is 7.12. The van der Waals surface area contributed by atoms with Crippen LogP contribution in [0.3, 0.4) is 0 Å². The van der Waals surface area contributed by atoms with E-state index < -0.39 is 0 Å². The Morgan fingerprint density at radius 2 is 2.21 bits per heavy atom. The monoisotopic (exact) mass is 275 g/mol. The second-order valence-electron chi connectivity index (χ2n) is 4.87. The van der Waals surface area contributed by atoms with Gasteiger partial charge < -0.3 is 10.3 Å². The van der Waals surface area contributed by atoms with Crippen LogP contribution in [0.5, 0.6) is 0 Å². The van der Waals surface area contributed by atoms with Crippen LogP contribution < -0.4 is 10.9 Å². The van der Waals surface area contributed by atoms with Crippen LogP contribution in [-0.2, 0) is 13.0 Å². The average Bonchev–Trinajstić information content (AvgIpc) is 3.15. The zero-order valence-electron chi connectivity index (χ0n) is 10.9. The predicted octanol–water partition coefficient (Wildman–Crippen LogP) is 2.88. The minimum absolute atomic E-state index is 0.0696. The smallest absolute Gasteiger partial charge is 0.252 e. The van der Waals surface area contributed by atoms with Gasteiger partial charge in [-0.05, 0) is 31.4 Å². The molecule has 19 heavy (non-hydrogen) atoms. The van der Waals surface area contributed by atoms with Crippen LogP contribution in [-0.4, -0.2) is 9.97 Å². The van der Waals surface area contributed by atoms with Gasteiger partial charge in [-0.25, -0.2) is 4.98 Å². The highest BCUT2D eigenvalue weighted by Gasteiger charge is 2.26. The molecule has 0 saturated heterocycles. The van der Waals surface area contributed by atoms with Crippen molar-refractivity contribution in [2.45, 2.75) is 38.6 Å². The molecule has 1 aliphatic rings. The molecule has 2 aromatic heterocycles. The first-order valence-electron chi connectivity index (χ1n) is 6.67. The number of aromatic nitrogens is 2. The first-order chi connectivity index (χ1) is 9.24. The quantitative estimate of drug-likeness (QED) is 0.882. The molecule has 1 fully saturated rings. The Morgan fingerprint density at radius 3 is 2.89 bits per heavy atom. The van der Waals surface area contributed by atoms with Crippen molar-refractivity contribution in [2.75, 3.05) is 5.32 Å². The Labute approximate surface area is 115 Å². The van der Waals surface area contributed by atoms with Crippen LogP contribution in [0.4, 0.5) is 5.82 Å². The Bertz CT molecular complexity index is 628. The number of aryl methyl sites for hydroxylation is 1. The number of nitrogens with zero attached hydrogens (tertiary/aromatic N) is 1. The van der Waals surface area contributed by atoms with Crippen LogP contribution in [0.2, 0.25) is 0 Å². The van der Waals surface area contributed by atoms with Crippen LogP contribution in [0.25, 0.3) is 0 Å². The normalized spacial score (nSPS) is 14.6. The molecule has 3 rings (SSSR count). The maximum atomic E-state index is 11.6. The van der Waals surface area contributed by atoms with Gasteiger partial charge in [0.2, 0.25) is 0 Å². The van der Waals surface area contributed by atoms with Crippen LogP contribution in [0, 0.1) is 0 Å². The van der Waals surface area contributed by atoms with Crippen molar-refractivity contribution in [3.63, 3.8) is 0 Å². The first kappa shape index (κ1) is 12.4. The van der Waals surface area contributed by atoms with Crippen LogP contribution in [0.1, 0.15) is 41.3 Å². The fourth-order valence-corrected chi connectivity index (χ4v) is 2.90. The molecule has 0 unspecified atom stereocenters. The van der Waals surface area contributed by atoms with E-state index in [-0.39, 0.29) is 5.56 Å². The van der Waals surface area contributed by atoms with Gasteiger partial charge in [-0.15, -0.1) is 11.3 Å². The van der Waals surface area contributed by atoms with Gasteiger partial charge in [-0.3, -0.25) is 4.79 Å². The summed E-state index contributed by atoms with van der Waals surface area (Å²) >= 11 is 1.80. The highest BCUT2D eigenvalue weighted by Crippen LogP contribution is 2.37. The number of hydrogen-bond donors (Lipinski definition) is 2. The number of H-pyrrole nitrogens is 1. The van der Waals surface area contributed by atoms with Crippen molar-refractivity contribution in [2.24, 2.45) is 0 Å². The fraction of sp³-hybridized carbons (Fsp3) is 0.429. The van der Waals surface area contributed by atoms with Gasteiger partial charge in [0.1, 0.15) is 11.6 Å². The molecular formula is C14H17N3OS. The summed E-state index contributed by atoms with van der Waals surface area (Å²) < 4.78 is 0. The molecule has 0 aliphatic heterocycles. The lowest BCUT2D eigenvalue weighted by Crippen LogP contribution is -2.13. The lowest BCUT2D eigenvalue weighted by atomic mass is 10.3. The largest absolute Gasteiger partial charge is 0.365 e. The minimum Gasteiger partial charge on any atom is -0.365 e. The lowest BCUT2D eigenvalue weighted by Gasteiger charge is -2.05. The van der Waals surface area contributed by atoms with Crippen molar-refractivity contribution in [1.29, 1.82) is 0 Å². The molecule has 5 heteroatoms. The summed E-state index contributed by atoms with van der Waals surface area (Å²) in [6, 6.07) is 5.81.